The molecule has 0 atom stereocenters. The number of rotatable bonds is 17. The van der Waals surface area contributed by atoms with Crippen molar-refractivity contribution in [1.29, 1.82) is 0 Å². The first-order chi connectivity index (χ1) is 34.7. The minimum Gasteiger partial charge on any atom is -0.508 e. The van der Waals surface area contributed by atoms with E-state index < -0.39 is 0 Å². The molecule has 9 nitrogen and oxygen atoms in total. The van der Waals surface area contributed by atoms with Gasteiger partial charge in [0.2, 0.25) is 11.8 Å². The number of carbonyl (C=O) groups excluding carboxylic acids is 2. The van der Waals surface area contributed by atoms with E-state index in [1.165, 1.54) is 11.1 Å². The van der Waals surface area contributed by atoms with E-state index in [0.29, 0.717) is 30.4 Å². The standard InChI is InChI=1S/C41H42N2O3.C21H19NO3/c1-31-10-8-9-15-40(31)42-41(44)28-32-16-20-36(21-17-32)45-38-24-26-39(27-25-38)46-37-22-18-35(19-23-37)43(29-33-11-4-2-5-12-33)30-34-13-6-3-7-14-34;1-15-4-2-3-5-20(15)22-21(24)14-16-6-10-18(11-7-16)25-19-12-8-17(23)9-13-19/h2-17,20-21,24-27,35,37H,18-19,22-23,28-30H2,1H3,(H,42,44);2-13,23H,14H2,1H3,(H,22,24). The molecule has 0 heterocycles. The fourth-order valence-corrected chi connectivity index (χ4v) is 8.58. The van der Waals surface area contributed by atoms with Crippen molar-refractivity contribution in [2.24, 2.45) is 0 Å². The molecule has 8 aromatic rings. The van der Waals surface area contributed by atoms with Crippen LogP contribution in [0.1, 0.15) is 59.1 Å². The first kappa shape index (κ1) is 49.3. The SMILES string of the molecule is Cc1ccccc1NC(=O)Cc1ccc(Oc2ccc(O)cc2)cc1.Cc1ccccc1NC(=O)Cc1ccc(Oc2ccc(OC3CCC(N(Cc4ccccc4)Cc4ccccc4)CC3)cc2)cc1. The Labute approximate surface area is 417 Å². The lowest BCUT2D eigenvalue weighted by Gasteiger charge is -2.37. The number of carbonyl (C=O) groups is 2. The molecular formula is C62H61N3O6. The number of para-hydroxylation sites is 2. The monoisotopic (exact) mass is 943 g/mol. The summed E-state index contributed by atoms with van der Waals surface area (Å²) >= 11 is 0. The lowest BCUT2D eigenvalue weighted by molar-refractivity contribution is -0.116. The number of aryl methyl sites for hydroxylation is 2. The van der Waals surface area contributed by atoms with Gasteiger partial charge in [0.15, 0.2) is 0 Å². The summed E-state index contributed by atoms with van der Waals surface area (Å²) in [5.74, 6) is 3.77. The van der Waals surface area contributed by atoms with Gasteiger partial charge in [-0.3, -0.25) is 14.5 Å². The second-order valence-corrected chi connectivity index (χ2v) is 18.0. The van der Waals surface area contributed by atoms with E-state index in [9.17, 15) is 14.7 Å². The maximum absolute atomic E-state index is 12.5. The van der Waals surface area contributed by atoms with Crippen LogP contribution in [0.25, 0.3) is 0 Å². The molecule has 0 aliphatic heterocycles. The molecular weight excluding hydrogens is 883 g/mol. The van der Waals surface area contributed by atoms with Crippen molar-refractivity contribution in [3.8, 4) is 34.5 Å². The number of nitrogens with one attached hydrogen (secondary N) is 2. The Kier molecular flexibility index (Phi) is 17.3. The highest BCUT2D eigenvalue weighted by Gasteiger charge is 2.27. The molecule has 1 saturated carbocycles. The Morgan fingerprint density at radius 2 is 0.817 bits per heavy atom. The minimum atomic E-state index is -0.0542. The van der Waals surface area contributed by atoms with E-state index in [0.717, 1.165) is 89.6 Å². The zero-order valence-corrected chi connectivity index (χ0v) is 40.4. The third kappa shape index (κ3) is 15.4. The van der Waals surface area contributed by atoms with E-state index in [4.69, 9.17) is 14.2 Å². The number of nitrogens with zero attached hydrogens (tertiary/aromatic N) is 1. The number of amides is 2. The minimum absolute atomic E-state index is 0.0382. The smallest absolute Gasteiger partial charge is 0.228 e. The van der Waals surface area contributed by atoms with Crippen molar-refractivity contribution in [1.82, 2.24) is 4.90 Å². The van der Waals surface area contributed by atoms with Gasteiger partial charge in [0.1, 0.15) is 34.5 Å². The van der Waals surface area contributed by atoms with Crippen LogP contribution in [0.15, 0.2) is 206 Å². The van der Waals surface area contributed by atoms with Crippen LogP contribution in [0.4, 0.5) is 11.4 Å². The molecule has 1 fully saturated rings. The maximum atomic E-state index is 12.5. The Hall–Kier alpha value is -8.14. The second-order valence-electron chi connectivity index (χ2n) is 18.0. The van der Waals surface area contributed by atoms with Gasteiger partial charge in [0, 0.05) is 30.5 Å². The van der Waals surface area contributed by atoms with Gasteiger partial charge < -0.3 is 30.0 Å². The lowest BCUT2D eigenvalue weighted by atomic mass is 9.91. The molecule has 360 valence electrons. The van der Waals surface area contributed by atoms with Gasteiger partial charge in [-0.15, -0.1) is 0 Å². The molecule has 1 aliphatic rings. The van der Waals surface area contributed by atoms with Crippen LogP contribution < -0.4 is 24.8 Å². The number of phenols is 1. The number of hydrogen-bond acceptors (Lipinski definition) is 7. The summed E-state index contributed by atoms with van der Waals surface area (Å²) in [6.45, 7) is 5.87. The highest BCUT2D eigenvalue weighted by atomic mass is 16.5. The summed E-state index contributed by atoms with van der Waals surface area (Å²) in [5, 5.41) is 15.2. The van der Waals surface area contributed by atoms with Crippen LogP contribution in [0, 0.1) is 13.8 Å². The number of aromatic hydroxyl groups is 1. The Morgan fingerprint density at radius 1 is 0.451 bits per heavy atom. The molecule has 0 bridgehead atoms. The number of anilines is 2. The predicted molar refractivity (Wildman–Crippen MR) is 283 cm³/mol. The first-order valence-corrected chi connectivity index (χ1v) is 24.3. The molecule has 8 aromatic carbocycles. The largest absolute Gasteiger partial charge is 0.508 e. The molecule has 1 aliphatic carbocycles. The van der Waals surface area contributed by atoms with Crippen molar-refractivity contribution in [2.75, 3.05) is 10.6 Å². The van der Waals surface area contributed by atoms with Crippen LogP contribution in [0.3, 0.4) is 0 Å². The first-order valence-electron chi connectivity index (χ1n) is 24.3. The summed E-state index contributed by atoms with van der Waals surface area (Å²) in [6.07, 6.45) is 5.14. The average Bonchev–Trinajstić information content (AvgIpc) is 3.39. The average molecular weight is 944 g/mol. The number of ether oxygens (including phenoxy) is 3. The van der Waals surface area contributed by atoms with Crippen molar-refractivity contribution in [2.45, 2.75) is 77.6 Å². The van der Waals surface area contributed by atoms with Crippen molar-refractivity contribution < 1.29 is 28.9 Å². The fourth-order valence-electron chi connectivity index (χ4n) is 8.58. The van der Waals surface area contributed by atoms with E-state index in [1.54, 1.807) is 24.3 Å². The highest BCUT2D eigenvalue weighted by molar-refractivity contribution is 5.93. The van der Waals surface area contributed by atoms with Crippen LogP contribution in [-0.4, -0.2) is 34.0 Å². The van der Waals surface area contributed by atoms with Crippen LogP contribution in [-0.2, 0) is 35.5 Å². The molecule has 9 rings (SSSR count). The molecule has 9 heteroatoms. The van der Waals surface area contributed by atoms with Gasteiger partial charge >= 0.3 is 0 Å². The molecule has 2 amide bonds. The highest BCUT2D eigenvalue weighted by Crippen LogP contribution is 2.31. The normalized spacial score (nSPS) is 14.1. The van der Waals surface area contributed by atoms with Crippen molar-refractivity contribution >= 4 is 23.2 Å². The predicted octanol–water partition coefficient (Wildman–Crippen LogP) is 14.0. The maximum Gasteiger partial charge on any atom is 0.228 e. The Bertz CT molecular complexity index is 2860. The summed E-state index contributed by atoms with van der Waals surface area (Å²) in [5.41, 5.74) is 8.31. The van der Waals surface area contributed by atoms with Gasteiger partial charge in [0.25, 0.3) is 0 Å². The van der Waals surface area contributed by atoms with Crippen LogP contribution in [0.2, 0.25) is 0 Å². The summed E-state index contributed by atoms with van der Waals surface area (Å²) in [4.78, 5) is 27.3. The molecule has 0 unspecified atom stereocenters. The van der Waals surface area contributed by atoms with Crippen molar-refractivity contribution in [3.63, 3.8) is 0 Å². The zero-order valence-electron chi connectivity index (χ0n) is 40.4. The van der Waals surface area contributed by atoms with Gasteiger partial charge in [0.05, 0.1) is 18.9 Å². The van der Waals surface area contributed by atoms with E-state index in [-0.39, 0.29) is 23.7 Å². The molecule has 0 spiro atoms. The molecule has 0 saturated heterocycles. The van der Waals surface area contributed by atoms with E-state index in [1.807, 2.05) is 135 Å². The zero-order chi connectivity index (χ0) is 49.2. The van der Waals surface area contributed by atoms with Gasteiger partial charge in [-0.05, 0) is 158 Å². The second kappa shape index (κ2) is 24.9. The summed E-state index contributed by atoms with van der Waals surface area (Å²) in [6, 6.07) is 67.1. The van der Waals surface area contributed by atoms with E-state index in [2.05, 4.69) is 76.2 Å². The van der Waals surface area contributed by atoms with Gasteiger partial charge in [-0.25, -0.2) is 0 Å². The molecule has 71 heavy (non-hydrogen) atoms. The number of phenolic OH excluding ortho intramolecular Hbond substituents is 1. The summed E-state index contributed by atoms with van der Waals surface area (Å²) in [7, 11) is 0. The fraction of sp³-hybridized carbons (Fsp3) is 0.194. The quantitative estimate of drug-likeness (QED) is 0.0834. The summed E-state index contributed by atoms with van der Waals surface area (Å²) < 4.78 is 18.2. The molecule has 3 N–H and O–H groups in total. The topological polar surface area (TPSA) is 109 Å². The van der Waals surface area contributed by atoms with Crippen LogP contribution >= 0.6 is 0 Å². The third-order valence-electron chi connectivity index (χ3n) is 12.5. The van der Waals surface area contributed by atoms with Gasteiger partial charge in [-0.1, -0.05) is 121 Å². The Morgan fingerprint density at radius 3 is 1.24 bits per heavy atom. The number of benzene rings is 8. The lowest BCUT2D eigenvalue weighted by Crippen LogP contribution is -2.39. The molecule has 0 radical (unpaired) electrons. The van der Waals surface area contributed by atoms with Crippen molar-refractivity contribution in [3.05, 3.63) is 240 Å². The van der Waals surface area contributed by atoms with Crippen LogP contribution in [0.5, 0.6) is 34.5 Å². The third-order valence-corrected chi connectivity index (χ3v) is 12.5. The van der Waals surface area contributed by atoms with Gasteiger partial charge in [-0.2, -0.15) is 0 Å². The van der Waals surface area contributed by atoms with E-state index >= 15 is 0 Å². The number of hydrogen-bond donors (Lipinski definition) is 3. The Balaban J connectivity index is 0.000000228. The molecule has 0 aromatic heterocycles.